The lowest BCUT2D eigenvalue weighted by Crippen LogP contribution is -2.24. The number of aromatic nitrogens is 8. The molecule has 6 aromatic carbocycles. The number of fused-ring (bicyclic) bond motifs is 3. The number of carbonyl (C=O) groups is 1. The van der Waals surface area contributed by atoms with Gasteiger partial charge in [-0.3, -0.25) is 9.36 Å². The first-order valence-corrected chi connectivity index (χ1v) is 38.0. The Morgan fingerprint density at radius 1 is 0.434 bits per heavy atom. The maximum absolute atomic E-state index is 13.5. The average Bonchev–Trinajstić information content (AvgIpc) is 1.62. The Morgan fingerprint density at radius 2 is 0.808 bits per heavy atom. The molecule has 1 N–H and O–H groups in total. The Bertz CT molecular complexity index is 4930. The van der Waals surface area contributed by atoms with E-state index in [-0.39, 0.29) is 18.1 Å². The second-order valence-corrected chi connectivity index (χ2v) is 31.5. The smallest absolute Gasteiger partial charge is 0.339 e. The fourth-order valence-electron chi connectivity index (χ4n) is 13.0. The zero-order valence-electron chi connectivity index (χ0n) is 54.7. The maximum atomic E-state index is 13.5. The zero-order chi connectivity index (χ0) is 69.3. The monoisotopic (exact) mass is 1460 g/mol. The van der Waals surface area contributed by atoms with Gasteiger partial charge < -0.3 is 24.1 Å². The van der Waals surface area contributed by atoms with Crippen molar-refractivity contribution in [1.29, 1.82) is 0 Å². The highest BCUT2D eigenvalue weighted by Gasteiger charge is 2.34. The van der Waals surface area contributed by atoms with Crippen LogP contribution in [0.4, 0.5) is 0 Å². The summed E-state index contributed by atoms with van der Waals surface area (Å²) in [5.74, 6) is 2.58. The van der Waals surface area contributed by atoms with E-state index in [0.717, 1.165) is 142 Å². The van der Waals surface area contributed by atoms with Crippen molar-refractivity contribution in [2.45, 2.75) is 83.5 Å². The number of rotatable bonds is 13. The van der Waals surface area contributed by atoms with Gasteiger partial charge in [0, 0.05) is 28.7 Å². The summed E-state index contributed by atoms with van der Waals surface area (Å²) in [6.45, 7) is 0. The molecule has 0 fully saturated rings. The van der Waals surface area contributed by atoms with Crippen molar-refractivity contribution in [3.05, 3.63) is 231 Å². The minimum atomic E-state index is -3.22. The molecule has 0 atom stereocenters. The van der Waals surface area contributed by atoms with E-state index in [1.807, 2.05) is 115 Å². The first-order chi connectivity index (χ1) is 48.0. The molecule has 15 rings (SSSR count). The molecule has 0 unspecified atom stereocenters. The fourth-order valence-corrected chi connectivity index (χ4v) is 13.9. The molecule has 0 bridgehead atoms. The van der Waals surface area contributed by atoms with Crippen LogP contribution in [0, 0.1) is 0 Å². The second-order valence-electron chi connectivity index (χ2n) is 23.8. The van der Waals surface area contributed by atoms with Crippen LogP contribution >= 0.6 is 73.7 Å². The fraction of sp³-hybridized carbons (Fsp3) is 0.221. The number of halogens is 6. The van der Waals surface area contributed by atoms with Gasteiger partial charge in [0.1, 0.15) is 55.5 Å². The summed E-state index contributed by atoms with van der Waals surface area (Å²) in [5, 5.41) is 23.6. The van der Waals surface area contributed by atoms with Gasteiger partial charge in [0.15, 0.2) is 11.3 Å². The lowest BCUT2D eigenvalue weighted by molar-refractivity contribution is 0.0953. The molecular weight excluding hydrogens is 1390 g/mol. The van der Waals surface area contributed by atoms with Crippen molar-refractivity contribution >= 4 is 113 Å². The van der Waals surface area contributed by atoms with E-state index in [1.165, 1.54) is 40.7 Å². The van der Waals surface area contributed by atoms with Gasteiger partial charge >= 0.3 is 5.20 Å². The molecule has 15 nitrogen and oxygen atoms in total. The van der Waals surface area contributed by atoms with E-state index in [4.69, 9.17) is 79.0 Å². The van der Waals surface area contributed by atoms with Crippen molar-refractivity contribution in [2.75, 3.05) is 28.4 Å². The third kappa shape index (κ3) is 15.6. The summed E-state index contributed by atoms with van der Waals surface area (Å²) >= 11 is 34.2. The van der Waals surface area contributed by atoms with Crippen molar-refractivity contribution in [3.8, 4) is 79.2 Å². The Balaban J connectivity index is 0.000000136. The summed E-state index contributed by atoms with van der Waals surface area (Å²) in [6.07, 6.45) is 20.3. The van der Waals surface area contributed by atoms with Crippen molar-refractivity contribution in [1.82, 2.24) is 39.0 Å². The molecular formula is C77H69Cl6N8O7P. The molecule has 506 valence electrons. The van der Waals surface area contributed by atoms with E-state index in [9.17, 15) is 14.5 Å². The van der Waals surface area contributed by atoms with Crippen LogP contribution in [0.3, 0.4) is 0 Å². The van der Waals surface area contributed by atoms with Crippen LogP contribution in [0.5, 0.6) is 23.1 Å². The summed E-state index contributed by atoms with van der Waals surface area (Å²) in [5.41, 5.74) is 18.7. The molecule has 5 aromatic heterocycles. The highest BCUT2D eigenvalue weighted by molar-refractivity contribution is 8.24. The van der Waals surface area contributed by atoms with Crippen LogP contribution in [0.2, 0.25) is 15.5 Å². The number of aliphatic hydroxyl groups is 1. The third-order valence-electron chi connectivity index (χ3n) is 17.7. The summed E-state index contributed by atoms with van der Waals surface area (Å²) in [4.78, 5) is 23.1. The van der Waals surface area contributed by atoms with Crippen molar-refractivity contribution in [2.24, 2.45) is 0 Å². The van der Waals surface area contributed by atoms with Crippen LogP contribution in [0.1, 0.15) is 110 Å². The number of methoxy groups -OCH3 is 4. The number of ether oxygens (including phenoxy) is 4. The van der Waals surface area contributed by atoms with Gasteiger partial charge in [0.2, 0.25) is 5.88 Å². The molecule has 4 aliphatic rings. The van der Waals surface area contributed by atoms with E-state index < -0.39 is 5.20 Å². The molecule has 99 heavy (non-hydrogen) atoms. The standard InChI is InChI=1S/C26H24ClN3O2.C26H24N2O3.C25H21Cl2N3O.Cl3OP/c1-31-20-15-13-18(14-16-20)22-24(27)28-25-21(17-9-5-3-6-10-17)23(19-11-7-4-8-12-19)29-30(25)26(22)32-2;1-31-20-14-12-18(13-15-20)24-22(29)16-21-23(17-8-4-2-5-9-17)25(27-28(21)26(24)30)19-10-6-3-7-11-19;1-31-19-14-12-17(13-15-19)21-23(26)28-25-20(16-8-4-2-5-9-16)22(29-30(25)24(21)27)18-10-6-3-7-11-18;1-5(2,3)4/h4,7-9,11-16H,3,5-6,10H2,1-2H3;3,6-8,10-15,29H,2,4-5,9,16H2,1H3;3,6-8,10-15H,2,4-5,9H2,1H3;. The zero-order valence-corrected chi connectivity index (χ0v) is 60.1. The summed E-state index contributed by atoms with van der Waals surface area (Å²) in [6, 6.07) is 52.8. The second kappa shape index (κ2) is 31.7. The number of nitrogens with zero attached hydrogens (tertiary/aromatic N) is 8. The molecule has 11 aromatic rings. The highest BCUT2D eigenvalue weighted by atomic mass is 36.0. The first-order valence-electron chi connectivity index (χ1n) is 32.4. The van der Waals surface area contributed by atoms with Gasteiger partial charge in [0.25, 0.3) is 5.91 Å². The number of hydrogen-bond donors (Lipinski definition) is 1. The predicted molar refractivity (Wildman–Crippen MR) is 401 cm³/mol. The molecule has 0 saturated heterocycles. The van der Waals surface area contributed by atoms with Gasteiger partial charge in [-0.25, -0.2) is 14.5 Å². The number of carbonyl (C=O) groups excluding carboxylic acids is 1. The van der Waals surface area contributed by atoms with Crippen LogP contribution in [0.15, 0.2) is 188 Å². The molecule has 0 amide bonds. The van der Waals surface area contributed by atoms with Crippen LogP contribution in [-0.4, -0.2) is 78.4 Å². The van der Waals surface area contributed by atoms with E-state index in [2.05, 4.69) is 76.2 Å². The van der Waals surface area contributed by atoms with Crippen LogP contribution in [-0.2, 0) is 11.0 Å². The summed E-state index contributed by atoms with van der Waals surface area (Å²) in [7, 11) is 6.52. The largest absolute Gasteiger partial charge is 0.511 e. The molecule has 1 aliphatic heterocycles. The van der Waals surface area contributed by atoms with E-state index in [0.29, 0.717) is 55.0 Å². The Hall–Kier alpha value is -8.63. The Labute approximate surface area is 603 Å². The molecule has 0 spiro atoms. The lowest BCUT2D eigenvalue weighted by atomic mass is 9.88. The normalized spacial score (nSPS) is 14.5. The van der Waals surface area contributed by atoms with Crippen LogP contribution in [0.25, 0.3) is 89.6 Å². The summed E-state index contributed by atoms with van der Waals surface area (Å²) < 4.78 is 36.2. The van der Waals surface area contributed by atoms with Gasteiger partial charge in [-0.15, -0.1) is 0 Å². The maximum Gasteiger partial charge on any atom is 0.339 e. The van der Waals surface area contributed by atoms with Gasteiger partial charge in [-0.2, -0.15) is 24.5 Å². The average molecular weight is 1460 g/mol. The number of aliphatic hydroxyl groups excluding tert-OH is 1. The Morgan fingerprint density at radius 3 is 1.21 bits per heavy atom. The molecule has 3 aliphatic carbocycles. The Kier molecular flexibility index (Phi) is 22.5. The van der Waals surface area contributed by atoms with Gasteiger partial charge in [0.05, 0.1) is 62.0 Å². The van der Waals surface area contributed by atoms with Gasteiger partial charge in [-0.1, -0.05) is 180 Å². The topological polar surface area (TPSA) is 169 Å². The quantitative estimate of drug-likeness (QED) is 0.0857. The molecule has 0 radical (unpaired) electrons. The third-order valence-corrected chi connectivity index (χ3v) is 18.6. The molecule has 0 saturated carbocycles. The lowest BCUT2D eigenvalue weighted by Gasteiger charge is -2.20. The number of benzene rings is 6. The van der Waals surface area contributed by atoms with Crippen LogP contribution < -0.4 is 18.9 Å². The highest BCUT2D eigenvalue weighted by Crippen LogP contribution is 2.61. The van der Waals surface area contributed by atoms with E-state index in [1.54, 1.807) is 61.7 Å². The minimum Gasteiger partial charge on any atom is -0.511 e. The minimum absolute atomic E-state index is 0.0832. The SMILES string of the molecule is COc1ccc(-c2c(Cl)nc3c(C4=CCCCC4)c(-c4ccccc4)nn3c2Cl)cc1.COc1ccc(-c2c(Cl)nc3c(C4=CCCCC4)c(-c4ccccc4)nn3c2OC)cc1.COc1ccc(C2=C(O)Cc3c(C4=CCCCC4)c(-c4ccccc4)nn3C2=O)cc1.O=P(Cl)(Cl)Cl. The first kappa shape index (κ1) is 70.2. The molecule has 6 heterocycles. The predicted octanol–water partition coefficient (Wildman–Crippen LogP) is 22.5. The number of hydrogen-bond acceptors (Lipinski definition) is 12. The van der Waals surface area contributed by atoms with Crippen molar-refractivity contribution < 1.29 is 33.4 Å². The number of allylic oxidation sites excluding steroid dienone is 8. The molecule has 22 heteroatoms. The van der Waals surface area contributed by atoms with Crippen molar-refractivity contribution in [3.63, 3.8) is 0 Å². The van der Waals surface area contributed by atoms with E-state index >= 15 is 0 Å². The van der Waals surface area contributed by atoms with Gasteiger partial charge in [-0.05, 0) is 181 Å².